The number of aromatic nitrogens is 1. The highest BCUT2D eigenvalue weighted by molar-refractivity contribution is 8.02. The Morgan fingerprint density at radius 1 is 1.46 bits per heavy atom. The molecular weight excluding hydrogens is 344 g/mol. The third-order valence-corrected chi connectivity index (χ3v) is 6.37. The zero-order valence-electron chi connectivity index (χ0n) is 14.5. The Kier molecular flexibility index (Phi) is 7.55. The Hall–Kier alpha value is -1.08. The molecule has 3 unspecified atom stereocenters. The maximum absolute atomic E-state index is 12.4. The summed E-state index contributed by atoms with van der Waals surface area (Å²) in [6, 6.07) is 0.296. The van der Waals surface area contributed by atoms with Gasteiger partial charge in [-0.2, -0.15) is 0 Å². The van der Waals surface area contributed by atoms with Crippen molar-refractivity contribution in [1.82, 2.24) is 10.3 Å². The van der Waals surface area contributed by atoms with Gasteiger partial charge in [-0.05, 0) is 32.6 Å². The first-order chi connectivity index (χ1) is 11.5. The second-order valence-corrected chi connectivity index (χ2v) is 8.67. The van der Waals surface area contributed by atoms with Crippen molar-refractivity contribution in [3.8, 4) is 0 Å². The highest BCUT2D eigenvalue weighted by Gasteiger charge is 2.25. The first kappa shape index (κ1) is 19.2. The van der Waals surface area contributed by atoms with Crippen LogP contribution < -0.4 is 5.32 Å². The van der Waals surface area contributed by atoms with Crippen LogP contribution >= 0.6 is 23.1 Å². The van der Waals surface area contributed by atoms with E-state index in [1.807, 2.05) is 12.3 Å². The Bertz CT molecular complexity index is 562. The molecule has 2 rings (SSSR count). The summed E-state index contributed by atoms with van der Waals surface area (Å²) in [6.07, 6.45) is 4.91. The number of hydrogen-bond acceptors (Lipinski definition) is 6. The average molecular weight is 371 g/mol. The molecule has 1 N–H and O–H groups in total. The molecule has 7 heteroatoms. The molecule has 0 radical (unpaired) electrons. The van der Waals surface area contributed by atoms with Gasteiger partial charge in [0.05, 0.1) is 24.0 Å². The number of rotatable bonds is 7. The largest absolute Gasteiger partial charge is 0.466 e. The van der Waals surface area contributed by atoms with Gasteiger partial charge in [-0.15, -0.1) is 11.3 Å². The van der Waals surface area contributed by atoms with Crippen molar-refractivity contribution in [2.45, 2.75) is 68.5 Å². The molecule has 1 aromatic rings. The molecule has 0 saturated heterocycles. The Morgan fingerprint density at radius 3 is 2.92 bits per heavy atom. The number of thioether (sulfide) groups is 1. The summed E-state index contributed by atoms with van der Waals surface area (Å²) in [5.74, 6) is 0.355. The summed E-state index contributed by atoms with van der Waals surface area (Å²) in [6.45, 7) is 6.28. The molecule has 0 bridgehead atoms. The number of carbonyl (C=O) groups is 2. The van der Waals surface area contributed by atoms with E-state index in [1.54, 1.807) is 6.92 Å². The number of nitrogens with zero attached hydrogens (tertiary/aromatic N) is 1. The van der Waals surface area contributed by atoms with E-state index in [1.165, 1.54) is 42.4 Å². The van der Waals surface area contributed by atoms with E-state index in [0.29, 0.717) is 24.3 Å². The van der Waals surface area contributed by atoms with Crippen molar-refractivity contribution in [2.24, 2.45) is 5.92 Å². The van der Waals surface area contributed by atoms with E-state index < -0.39 is 0 Å². The fourth-order valence-corrected chi connectivity index (χ4v) is 4.81. The number of ether oxygens (including phenoxy) is 1. The number of nitrogens with one attached hydrogen (secondary N) is 1. The molecule has 1 aromatic heterocycles. The normalized spacial score (nSPS) is 22.0. The molecule has 1 saturated carbocycles. The van der Waals surface area contributed by atoms with Crippen molar-refractivity contribution >= 4 is 35.0 Å². The molecule has 1 fully saturated rings. The summed E-state index contributed by atoms with van der Waals surface area (Å²) in [7, 11) is 0. The van der Waals surface area contributed by atoms with Gasteiger partial charge < -0.3 is 10.1 Å². The summed E-state index contributed by atoms with van der Waals surface area (Å²) in [5, 5.41) is 4.85. The third kappa shape index (κ3) is 5.77. The highest BCUT2D eigenvalue weighted by Crippen LogP contribution is 2.28. The molecule has 1 aliphatic carbocycles. The third-order valence-electron chi connectivity index (χ3n) is 4.25. The molecule has 3 atom stereocenters. The molecule has 0 aromatic carbocycles. The highest BCUT2D eigenvalue weighted by atomic mass is 32.2. The van der Waals surface area contributed by atoms with Crippen LogP contribution in [0.15, 0.2) is 9.72 Å². The molecule has 5 nitrogen and oxygen atoms in total. The lowest BCUT2D eigenvalue weighted by atomic mass is 9.86. The van der Waals surface area contributed by atoms with Gasteiger partial charge in [0.2, 0.25) is 5.91 Å². The summed E-state index contributed by atoms with van der Waals surface area (Å²) >= 11 is 2.91. The topological polar surface area (TPSA) is 68.3 Å². The van der Waals surface area contributed by atoms with Crippen LogP contribution in [0.1, 0.15) is 52.1 Å². The second kappa shape index (κ2) is 9.42. The van der Waals surface area contributed by atoms with Crippen molar-refractivity contribution in [2.75, 3.05) is 6.61 Å². The lowest BCUT2D eigenvalue weighted by Gasteiger charge is -2.30. The summed E-state index contributed by atoms with van der Waals surface area (Å²) in [5.41, 5.74) is 0.703. The van der Waals surface area contributed by atoms with Crippen LogP contribution in [-0.4, -0.2) is 34.8 Å². The van der Waals surface area contributed by atoms with Crippen LogP contribution in [-0.2, 0) is 20.7 Å². The van der Waals surface area contributed by atoms with Crippen molar-refractivity contribution in [1.29, 1.82) is 0 Å². The molecule has 1 aliphatic rings. The smallest absolute Gasteiger partial charge is 0.311 e. The molecule has 24 heavy (non-hydrogen) atoms. The molecule has 1 heterocycles. The predicted octanol–water partition coefficient (Wildman–Crippen LogP) is 3.42. The fraction of sp³-hybridized carbons (Fsp3) is 0.706. The van der Waals surface area contributed by atoms with Crippen LogP contribution in [0.25, 0.3) is 0 Å². The minimum atomic E-state index is -0.267. The zero-order chi connectivity index (χ0) is 17.5. The molecule has 134 valence electrons. The fourth-order valence-electron chi connectivity index (χ4n) is 2.82. The van der Waals surface area contributed by atoms with Crippen LogP contribution in [0.2, 0.25) is 0 Å². The number of hydrogen-bond donors (Lipinski definition) is 1. The lowest BCUT2D eigenvalue weighted by Crippen LogP contribution is -2.44. The summed E-state index contributed by atoms with van der Waals surface area (Å²) < 4.78 is 5.74. The number of esters is 1. The number of thiazole rings is 1. The maximum atomic E-state index is 12.4. The van der Waals surface area contributed by atoms with Crippen LogP contribution in [0.4, 0.5) is 0 Å². The van der Waals surface area contributed by atoms with Gasteiger partial charge in [-0.1, -0.05) is 31.5 Å². The van der Waals surface area contributed by atoms with E-state index in [-0.39, 0.29) is 23.5 Å². The quantitative estimate of drug-likeness (QED) is 0.588. The van der Waals surface area contributed by atoms with Crippen LogP contribution in [0.3, 0.4) is 0 Å². The van der Waals surface area contributed by atoms with Crippen LogP contribution in [0.5, 0.6) is 0 Å². The lowest BCUT2D eigenvalue weighted by molar-refractivity contribution is -0.142. The Balaban J connectivity index is 1.82. The second-order valence-electron chi connectivity index (χ2n) is 6.22. The van der Waals surface area contributed by atoms with Gasteiger partial charge in [0.25, 0.3) is 0 Å². The first-order valence-electron chi connectivity index (χ1n) is 8.56. The van der Waals surface area contributed by atoms with Gasteiger partial charge in [-0.25, -0.2) is 4.98 Å². The average Bonchev–Trinajstić information content (AvgIpc) is 2.96. The van der Waals surface area contributed by atoms with E-state index in [2.05, 4.69) is 17.2 Å². The summed E-state index contributed by atoms with van der Waals surface area (Å²) in [4.78, 5) is 28.3. The van der Waals surface area contributed by atoms with E-state index in [0.717, 1.165) is 10.8 Å². The van der Waals surface area contributed by atoms with Crippen molar-refractivity contribution in [3.05, 3.63) is 11.1 Å². The molecule has 0 aliphatic heterocycles. The van der Waals surface area contributed by atoms with Crippen molar-refractivity contribution < 1.29 is 14.3 Å². The minimum Gasteiger partial charge on any atom is -0.466 e. The van der Waals surface area contributed by atoms with Gasteiger partial charge in [-0.3, -0.25) is 9.59 Å². The van der Waals surface area contributed by atoms with Crippen molar-refractivity contribution in [3.63, 3.8) is 0 Å². The standard InChI is InChI=1S/C17H26N2O3S2/c1-4-22-15(20)9-13-10-23-17(18-13)24-12(3)16(21)19-14-8-6-5-7-11(14)2/h10-12,14H,4-9H2,1-3H3,(H,19,21). The SMILES string of the molecule is CCOC(=O)Cc1csc(SC(C)C(=O)NC2CCCCC2C)n1. The maximum Gasteiger partial charge on any atom is 0.311 e. The van der Waals surface area contributed by atoms with Gasteiger partial charge in [0.1, 0.15) is 0 Å². The molecule has 0 spiro atoms. The predicted molar refractivity (Wildman–Crippen MR) is 97.3 cm³/mol. The Labute approximate surface area is 152 Å². The molecule has 1 amide bonds. The number of carbonyl (C=O) groups excluding carboxylic acids is 2. The molecular formula is C17H26N2O3S2. The van der Waals surface area contributed by atoms with Gasteiger partial charge in [0, 0.05) is 11.4 Å². The van der Waals surface area contributed by atoms with Gasteiger partial charge >= 0.3 is 5.97 Å². The van der Waals surface area contributed by atoms with Crippen LogP contribution in [0, 0.1) is 5.92 Å². The zero-order valence-corrected chi connectivity index (χ0v) is 16.2. The number of amides is 1. The van der Waals surface area contributed by atoms with E-state index >= 15 is 0 Å². The monoisotopic (exact) mass is 370 g/mol. The van der Waals surface area contributed by atoms with E-state index in [4.69, 9.17) is 4.74 Å². The van der Waals surface area contributed by atoms with E-state index in [9.17, 15) is 9.59 Å². The minimum absolute atomic E-state index is 0.0703. The first-order valence-corrected chi connectivity index (χ1v) is 10.3. The Morgan fingerprint density at radius 2 is 2.21 bits per heavy atom. The van der Waals surface area contributed by atoms with Gasteiger partial charge in [0.15, 0.2) is 4.34 Å².